The van der Waals surface area contributed by atoms with Crippen LogP contribution in [0.1, 0.15) is 63.4 Å². The van der Waals surface area contributed by atoms with Crippen molar-refractivity contribution < 1.29 is 61.8 Å². The summed E-state index contributed by atoms with van der Waals surface area (Å²) in [6.07, 6.45) is 5.42. The summed E-state index contributed by atoms with van der Waals surface area (Å²) >= 11 is 0. The minimum atomic E-state index is -1.75. The Kier molecular flexibility index (Phi) is 20.9. The number of halogens is 2. The summed E-state index contributed by atoms with van der Waals surface area (Å²) in [6, 6.07) is 11.4. The summed E-state index contributed by atoms with van der Waals surface area (Å²) in [5.74, 6) is -9.52. The molecule has 0 bridgehead atoms. The number of aliphatic hydroxyl groups is 1. The number of imide groups is 1. The Labute approximate surface area is 442 Å². The van der Waals surface area contributed by atoms with E-state index in [0.717, 1.165) is 40.8 Å². The first-order valence-corrected chi connectivity index (χ1v) is 24.4. The second-order valence-corrected chi connectivity index (χ2v) is 19.3. The average molecular weight is 1070 g/mol. The number of aliphatic hydroxyl groups excluding tert-OH is 1. The van der Waals surface area contributed by atoms with Gasteiger partial charge in [0.15, 0.2) is 0 Å². The highest BCUT2D eigenvalue weighted by molar-refractivity contribution is 6.14. The first-order valence-electron chi connectivity index (χ1n) is 24.4. The van der Waals surface area contributed by atoms with Crippen LogP contribution >= 0.6 is 0 Å². The maximum absolute atomic E-state index is 15.4. The molecule has 3 heterocycles. The van der Waals surface area contributed by atoms with Crippen LogP contribution in [0.4, 0.5) is 8.78 Å². The molecule has 0 spiro atoms. The molecule has 0 saturated heterocycles. The molecule has 5 rings (SSSR count). The SMILES string of the molecule is CC(NC(=O)CN(C)C(=O)Cc1ccncc1)C(=O)NC(CC(N)=O)C(=O)NC(CCN(C(=O)CO)C(c1cc(-c2cc(F)ccc2F)cn1Cc1ccccc1)C(C)(C)C)C(=O)NCCNC(=O)CN1C(=O)C=CC1=O. The van der Waals surface area contributed by atoms with Gasteiger partial charge >= 0.3 is 0 Å². The molecule has 2 aromatic carbocycles. The number of pyridine rings is 1. The van der Waals surface area contributed by atoms with Crippen LogP contribution < -0.4 is 32.3 Å². The highest BCUT2D eigenvalue weighted by Gasteiger charge is 2.39. The van der Waals surface area contributed by atoms with Crippen molar-refractivity contribution in [3.63, 3.8) is 0 Å². The molecule has 22 nitrogen and oxygen atoms in total. The van der Waals surface area contributed by atoms with E-state index in [2.05, 4.69) is 31.6 Å². The summed E-state index contributed by atoms with van der Waals surface area (Å²) in [4.78, 5) is 138. The van der Waals surface area contributed by atoms with Gasteiger partial charge in [-0.1, -0.05) is 51.1 Å². The van der Waals surface area contributed by atoms with Crippen molar-refractivity contribution in [3.8, 4) is 11.1 Å². The molecule has 0 saturated carbocycles. The third-order valence-electron chi connectivity index (χ3n) is 12.2. The molecule has 8 N–H and O–H groups in total. The number of carbonyl (C=O) groups excluding carboxylic acids is 10. The number of nitrogens with zero attached hydrogens (tertiary/aromatic N) is 5. The van der Waals surface area contributed by atoms with Crippen LogP contribution in [0.3, 0.4) is 0 Å². The van der Waals surface area contributed by atoms with Crippen molar-refractivity contribution in [3.05, 3.63) is 126 Å². The maximum Gasteiger partial charge on any atom is 0.254 e. The zero-order chi connectivity index (χ0) is 56.6. The number of likely N-dealkylation sites (N-methyl/N-ethyl adjacent to an activating group) is 1. The lowest BCUT2D eigenvalue weighted by Gasteiger charge is -2.41. The Morgan fingerprint density at radius 3 is 2.06 bits per heavy atom. The van der Waals surface area contributed by atoms with Crippen molar-refractivity contribution in [2.24, 2.45) is 11.1 Å². The van der Waals surface area contributed by atoms with Gasteiger partial charge in [-0.25, -0.2) is 8.78 Å². The Morgan fingerprint density at radius 1 is 0.779 bits per heavy atom. The second-order valence-electron chi connectivity index (χ2n) is 19.3. The summed E-state index contributed by atoms with van der Waals surface area (Å²) < 4.78 is 31.8. The van der Waals surface area contributed by atoms with Crippen molar-refractivity contribution in [2.75, 3.05) is 46.4 Å². The number of primary amides is 1. The topological polar surface area (TPSA) is 305 Å². The first-order chi connectivity index (χ1) is 36.4. The van der Waals surface area contributed by atoms with Crippen molar-refractivity contribution in [2.45, 2.75) is 77.7 Å². The smallest absolute Gasteiger partial charge is 0.254 e. The first kappa shape index (κ1) is 59.2. The fourth-order valence-corrected chi connectivity index (χ4v) is 8.38. The van der Waals surface area contributed by atoms with Gasteiger partial charge in [0.05, 0.1) is 25.4 Å². The molecule has 77 heavy (non-hydrogen) atoms. The van der Waals surface area contributed by atoms with Crippen LogP contribution in [0.15, 0.2) is 97.5 Å². The fourth-order valence-electron chi connectivity index (χ4n) is 8.38. The van der Waals surface area contributed by atoms with Crippen LogP contribution in [-0.2, 0) is 60.9 Å². The highest BCUT2D eigenvalue weighted by atomic mass is 19.1. The zero-order valence-electron chi connectivity index (χ0n) is 43.2. The van der Waals surface area contributed by atoms with Gasteiger partial charge in [0, 0.05) is 80.8 Å². The van der Waals surface area contributed by atoms with Crippen molar-refractivity contribution in [1.29, 1.82) is 0 Å². The van der Waals surface area contributed by atoms with E-state index in [1.807, 2.05) is 30.3 Å². The molecule has 4 atom stereocenters. The van der Waals surface area contributed by atoms with Crippen LogP contribution in [0.2, 0.25) is 0 Å². The van der Waals surface area contributed by atoms with Gasteiger partial charge in [-0.15, -0.1) is 0 Å². The van der Waals surface area contributed by atoms with E-state index in [9.17, 15) is 57.4 Å². The average Bonchev–Trinajstić information content (AvgIpc) is 3.93. The van der Waals surface area contributed by atoms with Crippen molar-refractivity contribution >= 4 is 59.1 Å². The number of aromatic nitrogens is 2. The van der Waals surface area contributed by atoms with E-state index < -0.39 is 133 Å². The van der Waals surface area contributed by atoms with Crippen LogP contribution in [0.5, 0.6) is 0 Å². The summed E-state index contributed by atoms with van der Waals surface area (Å²) in [5, 5.41) is 22.8. The molecule has 410 valence electrons. The van der Waals surface area contributed by atoms with E-state index in [0.29, 0.717) is 16.2 Å². The number of amides is 10. The highest BCUT2D eigenvalue weighted by Crippen LogP contribution is 2.41. The summed E-state index contributed by atoms with van der Waals surface area (Å²) in [6.45, 7) is 3.91. The predicted molar refractivity (Wildman–Crippen MR) is 274 cm³/mol. The van der Waals surface area contributed by atoms with Gasteiger partial charge in [-0.05, 0) is 66.3 Å². The molecule has 0 radical (unpaired) electrons. The lowest BCUT2D eigenvalue weighted by Crippen LogP contribution is -2.58. The minimum absolute atomic E-state index is 0.0256. The Bertz CT molecular complexity index is 2840. The number of hydrogen-bond donors (Lipinski definition) is 7. The monoisotopic (exact) mass is 1070 g/mol. The molecular formula is C53H63F2N11O11. The molecule has 4 unspecified atom stereocenters. The standard InChI is InChI=1S/C53H63F2N11O11/c1-32(60-44(70)29-63(5)47(73)23-33-15-18-57-19-16-33)50(75)62-40(26-42(56)68)52(77)61-39(51(76)59-21-20-58-43(69)30-66-45(71)13-14-46(66)72)17-22-65(48(74)31-67)49(53(2,3)4)41-24-35(37-25-36(54)11-12-38(37)55)28-64(41)27-34-9-7-6-8-10-34/h6-16,18-19,24-25,28,32,39-40,49,67H,17,20-23,26-27,29-31H2,1-5H3,(H2,56,68)(H,58,69)(H,59,76)(H,60,70)(H,61,77)(H,62,75). The van der Waals surface area contributed by atoms with Crippen LogP contribution in [0, 0.1) is 17.0 Å². The molecule has 4 aromatic rings. The minimum Gasteiger partial charge on any atom is -0.387 e. The maximum atomic E-state index is 15.4. The molecule has 24 heteroatoms. The fraction of sp³-hybridized carbons (Fsp3) is 0.377. The van der Waals surface area contributed by atoms with Gasteiger partial charge in [-0.2, -0.15) is 0 Å². The molecule has 0 aliphatic carbocycles. The Morgan fingerprint density at radius 2 is 1.43 bits per heavy atom. The van der Waals surface area contributed by atoms with Crippen LogP contribution in [0.25, 0.3) is 11.1 Å². The number of rotatable bonds is 26. The zero-order valence-corrected chi connectivity index (χ0v) is 43.2. The largest absolute Gasteiger partial charge is 0.387 e. The van der Waals surface area contributed by atoms with E-state index in [4.69, 9.17) is 5.73 Å². The summed E-state index contributed by atoms with van der Waals surface area (Å²) in [7, 11) is 1.39. The van der Waals surface area contributed by atoms with Gasteiger partial charge in [0.25, 0.3) is 11.8 Å². The third kappa shape index (κ3) is 17.2. The molecular weight excluding hydrogens is 1000 g/mol. The van der Waals surface area contributed by atoms with Gasteiger partial charge in [-0.3, -0.25) is 57.8 Å². The number of nitrogens with one attached hydrogen (secondary N) is 5. The third-order valence-corrected chi connectivity index (χ3v) is 12.2. The molecule has 2 aromatic heterocycles. The molecule has 0 fully saturated rings. The van der Waals surface area contributed by atoms with E-state index >= 15 is 4.39 Å². The van der Waals surface area contributed by atoms with E-state index in [1.54, 1.807) is 49.7 Å². The lowest BCUT2D eigenvalue weighted by atomic mass is 9.82. The van der Waals surface area contributed by atoms with E-state index in [1.165, 1.54) is 31.3 Å². The molecule has 1 aliphatic rings. The molecule has 10 amide bonds. The van der Waals surface area contributed by atoms with Gasteiger partial charge in [0.1, 0.15) is 42.9 Å². The number of hydrogen-bond acceptors (Lipinski definition) is 12. The quantitative estimate of drug-likeness (QED) is 0.0332. The Hall–Kier alpha value is -8.67. The van der Waals surface area contributed by atoms with Crippen molar-refractivity contribution in [1.82, 2.24) is 50.8 Å². The number of benzene rings is 2. The van der Waals surface area contributed by atoms with Crippen LogP contribution in [-0.4, -0.2) is 153 Å². The second kappa shape index (κ2) is 27.2. The van der Waals surface area contributed by atoms with E-state index in [-0.39, 0.29) is 43.7 Å². The normalized spacial score (nSPS) is 13.7. The van der Waals surface area contributed by atoms with Gasteiger partial charge < -0.3 is 51.8 Å². The Balaban J connectivity index is 1.40. The number of nitrogens with two attached hydrogens (primary N) is 1. The molecule has 1 aliphatic heterocycles. The lowest BCUT2D eigenvalue weighted by molar-refractivity contribution is -0.141. The number of carbonyl (C=O) groups is 10. The predicted octanol–water partition coefficient (Wildman–Crippen LogP) is 0.383. The summed E-state index contributed by atoms with van der Waals surface area (Å²) in [5.41, 5.74) is 6.69. The van der Waals surface area contributed by atoms with Gasteiger partial charge in [0.2, 0.25) is 47.3 Å².